The molecule has 1 aliphatic rings. The summed E-state index contributed by atoms with van der Waals surface area (Å²) in [6.45, 7) is 3.29. The van der Waals surface area contributed by atoms with Crippen LogP contribution in [0.25, 0.3) is 55.7 Å². The zero-order valence-electron chi connectivity index (χ0n) is 20.4. The number of piperidine rings is 1. The first-order chi connectivity index (χ1) is 18.3. The highest BCUT2D eigenvalue weighted by Gasteiger charge is 2.17. The number of nitrogens with one attached hydrogen (secondary N) is 2. The summed E-state index contributed by atoms with van der Waals surface area (Å²) in [5, 5.41) is 8.80. The summed E-state index contributed by atoms with van der Waals surface area (Å²) in [6, 6.07) is 12.6. The fourth-order valence-corrected chi connectivity index (χ4v) is 5.27. The van der Waals surface area contributed by atoms with E-state index in [9.17, 15) is 0 Å². The molecule has 7 rings (SSSR count). The van der Waals surface area contributed by atoms with Crippen molar-refractivity contribution in [2.75, 3.05) is 13.1 Å². The number of benzene rings is 1. The third kappa shape index (κ3) is 4.15. The number of likely N-dealkylation sites (tertiary alicyclic amines) is 1. The molecule has 1 aliphatic heterocycles. The molecule has 6 heterocycles. The molecule has 1 aromatic carbocycles. The third-order valence-electron chi connectivity index (χ3n) is 7.16. The SMILES string of the molecule is c1cc(-c2cncc3[nH]c(-c4n[nH]c5ccc(-c6cncc(CN7CCCCC7)c6)cc45)nc23)ccn1. The van der Waals surface area contributed by atoms with Crippen LogP contribution < -0.4 is 0 Å². The van der Waals surface area contributed by atoms with Crippen LogP contribution in [0.5, 0.6) is 0 Å². The Morgan fingerprint density at radius 3 is 2.51 bits per heavy atom. The van der Waals surface area contributed by atoms with Gasteiger partial charge in [0.25, 0.3) is 0 Å². The van der Waals surface area contributed by atoms with Gasteiger partial charge in [-0.15, -0.1) is 0 Å². The van der Waals surface area contributed by atoms with Crippen molar-refractivity contribution in [3.8, 4) is 33.8 Å². The molecule has 1 saturated heterocycles. The molecule has 0 spiro atoms. The van der Waals surface area contributed by atoms with E-state index in [1.54, 1.807) is 18.6 Å². The minimum absolute atomic E-state index is 0.707. The van der Waals surface area contributed by atoms with Gasteiger partial charge in [-0.25, -0.2) is 4.98 Å². The molecule has 0 unspecified atom stereocenters. The molecule has 8 nitrogen and oxygen atoms in total. The minimum atomic E-state index is 0.707. The van der Waals surface area contributed by atoms with Gasteiger partial charge in [0.15, 0.2) is 5.82 Å². The van der Waals surface area contributed by atoms with Crippen LogP contribution >= 0.6 is 0 Å². The zero-order chi connectivity index (χ0) is 24.6. The van der Waals surface area contributed by atoms with E-state index in [1.807, 2.05) is 30.7 Å². The summed E-state index contributed by atoms with van der Waals surface area (Å²) in [6.07, 6.45) is 15.0. The lowest BCUT2D eigenvalue weighted by Crippen LogP contribution is -2.29. The highest BCUT2D eigenvalue weighted by molar-refractivity contribution is 5.98. The number of aromatic amines is 2. The molecule has 0 amide bonds. The molecule has 6 aromatic rings. The normalized spacial score (nSPS) is 14.5. The van der Waals surface area contributed by atoms with Gasteiger partial charge >= 0.3 is 0 Å². The quantitative estimate of drug-likeness (QED) is 0.329. The Bertz CT molecular complexity index is 1700. The summed E-state index contributed by atoms with van der Waals surface area (Å²) in [5.41, 5.74) is 8.92. The summed E-state index contributed by atoms with van der Waals surface area (Å²) < 4.78 is 0. The van der Waals surface area contributed by atoms with Gasteiger partial charge in [-0.2, -0.15) is 5.10 Å². The van der Waals surface area contributed by atoms with Gasteiger partial charge < -0.3 is 4.98 Å². The summed E-state index contributed by atoms with van der Waals surface area (Å²) in [7, 11) is 0. The number of rotatable bonds is 5. The molecule has 0 aliphatic carbocycles. The first-order valence-corrected chi connectivity index (χ1v) is 12.7. The van der Waals surface area contributed by atoms with Gasteiger partial charge in [0, 0.05) is 54.0 Å². The highest BCUT2D eigenvalue weighted by Crippen LogP contribution is 2.32. The maximum Gasteiger partial charge on any atom is 0.159 e. The summed E-state index contributed by atoms with van der Waals surface area (Å²) in [4.78, 5) is 24.0. The second-order valence-corrected chi connectivity index (χ2v) is 9.66. The van der Waals surface area contributed by atoms with Crippen LogP contribution in [-0.4, -0.2) is 53.1 Å². The number of hydrogen-bond donors (Lipinski definition) is 2. The predicted octanol–water partition coefficient (Wildman–Crippen LogP) is 5.61. The van der Waals surface area contributed by atoms with Crippen molar-refractivity contribution in [2.24, 2.45) is 0 Å². The van der Waals surface area contributed by atoms with Gasteiger partial charge in [0.2, 0.25) is 0 Å². The number of imidazole rings is 1. The van der Waals surface area contributed by atoms with Crippen molar-refractivity contribution in [3.63, 3.8) is 0 Å². The van der Waals surface area contributed by atoms with E-state index in [0.717, 1.165) is 56.4 Å². The molecule has 0 saturated carbocycles. The number of nitrogens with zero attached hydrogens (tertiary/aromatic N) is 6. The van der Waals surface area contributed by atoms with E-state index >= 15 is 0 Å². The van der Waals surface area contributed by atoms with E-state index in [2.05, 4.69) is 59.3 Å². The zero-order valence-corrected chi connectivity index (χ0v) is 20.4. The second-order valence-electron chi connectivity index (χ2n) is 9.66. The maximum atomic E-state index is 4.95. The van der Waals surface area contributed by atoms with Crippen LogP contribution in [0.3, 0.4) is 0 Å². The van der Waals surface area contributed by atoms with Crippen LogP contribution in [0, 0.1) is 0 Å². The van der Waals surface area contributed by atoms with E-state index in [-0.39, 0.29) is 0 Å². The Hall–Kier alpha value is -4.43. The summed E-state index contributed by atoms with van der Waals surface area (Å²) in [5.74, 6) is 0.707. The highest BCUT2D eigenvalue weighted by atomic mass is 15.1. The number of fused-ring (bicyclic) bond motifs is 2. The molecule has 5 aromatic heterocycles. The molecule has 0 bridgehead atoms. The Kier molecular flexibility index (Phi) is 5.44. The monoisotopic (exact) mass is 486 g/mol. The van der Waals surface area contributed by atoms with Crippen molar-refractivity contribution < 1.29 is 0 Å². The molecule has 182 valence electrons. The predicted molar refractivity (Wildman–Crippen MR) is 145 cm³/mol. The number of aromatic nitrogens is 7. The van der Waals surface area contributed by atoms with Crippen molar-refractivity contribution in [2.45, 2.75) is 25.8 Å². The van der Waals surface area contributed by atoms with Gasteiger partial charge in [-0.05, 0) is 73.0 Å². The van der Waals surface area contributed by atoms with Crippen LogP contribution in [0.15, 0.2) is 73.6 Å². The molecule has 0 radical (unpaired) electrons. The largest absolute Gasteiger partial charge is 0.335 e. The first-order valence-electron chi connectivity index (χ1n) is 12.7. The third-order valence-corrected chi connectivity index (χ3v) is 7.16. The maximum absolute atomic E-state index is 4.95. The van der Waals surface area contributed by atoms with Gasteiger partial charge in [0.05, 0.1) is 22.7 Å². The average molecular weight is 487 g/mol. The van der Waals surface area contributed by atoms with Gasteiger partial charge in [0.1, 0.15) is 5.69 Å². The smallest absolute Gasteiger partial charge is 0.159 e. The molecule has 0 atom stereocenters. The standard InChI is InChI=1S/C29H26N8/c1-2-10-37(11-3-1)18-19-12-22(15-31-14-19)21-4-5-25-23(13-21)28(36-35-25)29-33-26-17-32-16-24(27(26)34-29)20-6-8-30-9-7-20/h4-9,12-17H,1-3,10-11,18H2,(H,33,34)(H,35,36). The molecular formula is C29H26N8. The number of H-pyrrole nitrogens is 2. The second kappa shape index (κ2) is 9.22. The number of pyridine rings is 3. The van der Waals surface area contributed by atoms with Crippen LogP contribution in [-0.2, 0) is 6.54 Å². The number of hydrogen-bond acceptors (Lipinski definition) is 6. The van der Waals surface area contributed by atoms with E-state index in [0.29, 0.717) is 5.82 Å². The van der Waals surface area contributed by atoms with E-state index in [4.69, 9.17) is 4.98 Å². The Labute approximate surface area is 213 Å². The van der Waals surface area contributed by atoms with Crippen molar-refractivity contribution >= 4 is 21.9 Å². The van der Waals surface area contributed by atoms with E-state index < -0.39 is 0 Å². The fourth-order valence-electron chi connectivity index (χ4n) is 5.27. The lowest BCUT2D eigenvalue weighted by Gasteiger charge is -2.26. The van der Waals surface area contributed by atoms with Crippen molar-refractivity contribution in [1.82, 2.24) is 40.0 Å². The van der Waals surface area contributed by atoms with Crippen molar-refractivity contribution in [1.29, 1.82) is 0 Å². The van der Waals surface area contributed by atoms with Crippen LogP contribution in [0.4, 0.5) is 0 Å². The summed E-state index contributed by atoms with van der Waals surface area (Å²) >= 11 is 0. The molecule has 8 heteroatoms. The molecule has 2 N–H and O–H groups in total. The Balaban J connectivity index is 1.26. The topological polar surface area (TPSA) is 99.3 Å². The lowest BCUT2D eigenvalue weighted by atomic mass is 10.0. The van der Waals surface area contributed by atoms with Crippen molar-refractivity contribution in [3.05, 3.63) is 79.1 Å². The molecule has 1 fully saturated rings. The van der Waals surface area contributed by atoms with Gasteiger partial charge in [-0.1, -0.05) is 12.5 Å². The molecular weight excluding hydrogens is 460 g/mol. The van der Waals surface area contributed by atoms with Gasteiger partial charge in [-0.3, -0.25) is 25.0 Å². The fraction of sp³-hybridized carbons (Fsp3) is 0.207. The van der Waals surface area contributed by atoms with E-state index in [1.165, 1.54) is 37.9 Å². The average Bonchev–Trinajstić information content (AvgIpc) is 3.58. The van der Waals surface area contributed by atoms with Crippen LogP contribution in [0.2, 0.25) is 0 Å². The lowest BCUT2D eigenvalue weighted by molar-refractivity contribution is 0.220. The molecule has 37 heavy (non-hydrogen) atoms. The van der Waals surface area contributed by atoms with Crippen LogP contribution in [0.1, 0.15) is 24.8 Å². The Morgan fingerprint density at radius 1 is 0.757 bits per heavy atom. The minimum Gasteiger partial charge on any atom is -0.335 e. The Morgan fingerprint density at radius 2 is 1.62 bits per heavy atom. The first kappa shape index (κ1) is 21.8.